The third kappa shape index (κ3) is 3.12. The summed E-state index contributed by atoms with van der Waals surface area (Å²) in [5, 5.41) is 4.40. The molecule has 7 nitrogen and oxygen atoms in total. The summed E-state index contributed by atoms with van der Waals surface area (Å²) >= 11 is 0. The molecule has 4 heterocycles. The second kappa shape index (κ2) is 7.15. The molecule has 7 heteroatoms. The zero-order chi connectivity index (χ0) is 19.0. The molecule has 0 aromatic carbocycles. The van der Waals surface area contributed by atoms with Crippen LogP contribution in [-0.4, -0.2) is 54.5 Å². The van der Waals surface area contributed by atoms with Gasteiger partial charge in [0.15, 0.2) is 5.65 Å². The predicted molar refractivity (Wildman–Crippen MR) is 103 cm³/mol. The Labute approximate surface area is 159 Å². The molecule has 1 aliphatic rings. The lowest BCUT2D eigenvalue weighted by Crippen LogP contribution is -2.40. The molecule has 0 saturated heterocycles. The van der Waals surface area contributed by atoms with Gasteiger partial charge in [-0.15, -0.1) is 0 Å². The molecule has 4 rings (SSSR count). The minimum Gasteiger partial charge on any atom is -0.348 e. The van der Waals surface area contributed by atoms with Gasteiger partial charge in [-0.05, 0) is 32.1 Å². The van der Waals surface area contributed by atoms with Crippen molar-refractivity contribution in [3.63, 3.8) is 0 Å². The van der Waals surface area contributed by atoms with Gasteiger partial charge in [-0.3, -0.25) is 9.69 Å². The Morgan fingerprint density at radius 1 is 1.26 bits per heavy atom. The molecule has 0 spiro atoms. The topological polar surface area (TPSA) is 58.7 Å². The quantitative estimate of drug-likeness (QED) is 0.696. The van der Waals surface area contributed by atoms with Gasteiger partial charge >= 0.3 is 0 Å². The van der Waals surface area contributed by atoms with E-state index in [0.29, 0.717) is 17.8 Å². The summed E-state index contributed by atoms with van der Waals surface area (Å²) in [6, 6.07) is 4.16. The molecule has 0 radical (unpaired) electrons. The minimum absolute atomic E-state index is 0.00561. The second-order valence-electron chi connectivity index (χ2n) is 7.05. The molecule has 1 aliphatic heterocycles. The largest absolute Gasteiger partial charge is 0.348 e. The summed E-state index contributed by atoms with van der Waals surface area (Å²) in [6.07, 6.45) is 7.55. The molecule has 0 bridgehead atoms. The summed E-state index contributed by atoms with van der Waals surface area (Å²) in [5.41, 5.74) is 3.45. The van der Waals surface area contributed by atoms with Crippen molar-refractivity contribution in [3.05, 3.63) is 53.7 Å². The Morgan fingerprint density at radius 2 is 2.07 bits per heavy atom. The molecule has 1 unspecified atom stereocenters. The van der Waals surface area contributed by atoms with Crippen LogP contribution in [0.2, 0.25) is 0 Å². The van der Waals surface area contributed by atoms with Gasteiger partial charge in [0.25, 0.3) is 5.91 Å². The molecule has 1 amide bonds. The third-order valence-electron chi connectivity index (χ3n) is 5.54. The van der Waals surface area contributed by atoms with E-state index in [1.54, 1.807) is 10.7 Å². The van der Waals surface area contributed by atoms with Crippen molar-refractivity contribution in [2.75, 3.05) is 19.6 Å². The number of amides is 1. The maximum atomic E-state index is 13.2. The molecule has 0 N–H and O–H groups in total. The fourth-order valence-electron chi connectivity index (χ4n) is 3.86. The van der Waals surface area contributed by atoms with Crippen molar-refractivity contribution >= 4 is 11.6 Å². The number of aromatic nitrogens is 4. The summed E-state index contributed by atoms with van der Waals surface area (Å²) in [6.45, 7) is 10.7. The Hall–Kier alpha value is -2.67. The standard InChI is InChI=1S/C20H26N6O/c1-4-23(5-2)13-16-11-21-19-17(12-22-26(19)14-16)20(27)25-10-9-24-8-6-7-18(24)15(25)3/h6-8,11-12,14-15H,4-5,9-10,13H2,1-3H3. The normalized spacial score (nSPS) is 16.9. The molecule has 27 heavy (non-hydrogen) atoms. The van der Waals surface area contributed by atoms with Crippen molar-refractivity contribution in [3.8, 4) is 0 Å². The van der Waals surface area contributed by atoms with Gasteiger partial charge in [-0.25, -0.2) is 9.50 Å². The van der Waals surface area contributed by atoms with Crippen LogP contribution >= 0.6 is 0 Å². The SMILES string of the molecule is CCN(CC)Cc1cnc2c(C(=O)N3CCn4cccc4C3C)cnn2c1. The first-order valence-corrected chi connectivity index (χ1v) is 9.63. The maximum Gasteiger partial charge on any atom is 0.259 e. The van der Waals surface area contributed by atoms with E-state index in [4.69, 9.17) is 0 Å². The molecular formula is C20H26N6O. The first-order valence-electron chi connectivity index (χ1n) is 9.63. The van der Waals surface area contributed by atoms with Crippen molar-refractivity contribution in [2.24, 2.45) is 0 Å². The van der Waals surface area contributed by atoms with Crippen LogP contribution < -0.4 is 0 Å². The first kappa shape index (κ1) is 17.7. The van der Waals surface area contributed by atoms with E-state index in [1.807, 2.05) is 23.4 Å². The number of hydrogen-bond donors (Lipinski definition) is 0. The minimum atomic E-state index is -0.00561. The van der Waals surface area contributed by atoms with Crippen LogP contribution in [0.3, 0.4) is 0 Å². The van der Waals surface area contributed by atoms with Crippen LogP contribution in [0.15, 0.2) is 36.9 Å². The monoisotopic (exact) mass is 366 g/mol. The summed E-state index contributed by atoms with van der Waals surface area (Å²) in [5.74, 6) is -0.00561. The highest BCUT2D eigenvalue weighted by atomic mass is 16.2. The average Bonchev–Trinajstić information content (AvgIpc) is 3.32. The highest BCUT2D eigenvalue weighted by Crippen LogP contribution is 2.27. The molecule has 142 valence electrons. The molecule has 1 atom stereocenters. The molecular weight excluding hydrogens is 340 g/mol. The van der Waals surface area contributed by atoms with Gasteiger partial charge in [-0.2, -0.15) is 5.10 Å². The van der Waals surface area contributed by atoms with Gasteiger partial charge in [0.2, 0.25) is 0 Å². The fourth-order valence-corrected chi connectivity index (χ4v) is 3.86. The molecule has 3 aromatic rings. The number of carbonyl (C=O) groups is 1. The highest BCUT2D eigenvalue weighted by Gasteiger charge is 2.30. The predicted octanol–water partition coefficient (Wildman–Crippen LogP) is 2.59. The number of rotatable bonds is 5. The fraction of sp³-hybridized carbons (Fsp3) is 0.450. The van der Waals surface area contributed by atoms with Crippen LogP contribution in [0, 0.1) is 0 Å². The average molecular weight is 366 g/mol. The zero-order valence-corrected chi connectivity index (χ0v) is 16.2. The Balaban J connectivity index is 1.60. The zero-order valence-electron chi connectivity index (χ0n) is 16.2. The van der Waals surface area contributed by atoms with E-state index in [-0.39, 0.29) is 11.9 Å². The second-order valence-corrected chi connectivity index (χ2v) is 7.05. The van der Waals surface area contributed by atoms with Gasteiger partial charge in [-0.1, -0.05) is 13.8 Å². The van der Waals surface area contributed by atoms with Gasteiger partial charge in [0, 0.05) is 49.5 Å². The van der Waals surface area contributed by atoms with Crippen LogP contribution in [0.4, 0.5) is 0 Å². The van der Waals surface area contributed by atoms with E-state index in [0.717, 1.165) is 31.7 Å². The van der Waals surface area contributed by atoms with E-state index in [2.05, 4.69) is 52.6 Å². The summed E-state index contributed by atoms with van der Waals surface area (Å²) in [7, 11) is 0. The number of fused-ring (bicyclic) bond motifs is 2. The number of nitrogens with zero attached hydrogens (tertiary/aromatic N) is 6. The van der Waals surface area contributed by atoms with Crippen LogP contribution in [0.1, 0.15) is 48.4 Å². The van der Waals surface area contributed by atoms with Crippen molar-refractivity contribution in [1.82, 2.24) is 29.0 Å². The molecule has 0 aliphatic carbocycles. The van der Waals surface area contributed by atoms with Crippen LogP contribution in [0.5, 0.6) is 0 Å². The van der Waals surface area contributed by atoms with Crippen molar-refractivity contribution < 1.29 is 4.79 Å². The number of carbonyl (C=O) groups excluding carboxylic acids is 1. The van der Waals surface area contributed by atoms with Gasteiger partial charge < -0.3 is 9.47 Å². The highest BCUT2D eigenvalue weighted by molar-refractivity contribution is 5.99. The van der Waals surface area contributed by atoms with Gasteiger partial charge in [0.05, 0.1) is 12.2 Å². The smallest absolute Gasteiger partial charge is 0.259 e. The van der Waals surface area contributed by atoms with Crippen LogP contribution in [-0.2, 0) is 13.1 Å². The van der Waals surface area contributed by atoms with E-state index >= 15 is 0 Å². The molecule has 0 fully saturated rings. The lowest BCUT2D eigenvalue weighted by atomic mass is 10.1. The van der Waals surface area contributed by atoms with E-state index in [1.165, 1.54) is 5.69 Å². The molecule has 0 saturated carbocycles. The number of hydrogen-bond acceptors (Lipinski definition) is 4. The molecule has 3 aromatic heterocycles. The third-order valence-corrected chi connectivity index (χ3v) is 5.54. The maximum absolute atomic E-state index is 13.2. The van der Waals surface area contributed by atoms with Gasteiger partial charge in [0.1, 0.15) is 5.56 Å². The lowest BCUT2D eigenvalue weighted by molar-refractivity contribution is 0.0646. The van der Waals surface area contributed by atoms with Crippen LogP contribution in [0.25, 0.3) is 5.65 Å². The lowest BCUT2D eigenvalue weighted by Gasteiger charge is -2.34. The summed E-state index contributed by atoms with van der Waals surface area (Å²) in [4.78, 5) is 22.0. The Bertz CT molecular complexity index is 954. The Kier molecular flexibility index (Phi) is 4.70. The Morgan fingerprint density at radius 3 is 2.85 bits per heavy atom. The van der Waals surface area contributed by atoms with Crippen molar-refractivity contribution in [1.29, 1.82) is 0 Å². The van der Waals surface area contributed by atoms with Crippen molar-refractivity contribution in [2.45, 2.75) is 39.9 Å². The first-order chi connectivity index (χ1) is 13.1. The summed E-state index contributed by atoms with van der Waals surface area (Å²) < 4.78 is 3.94. The van der Waals surface area contributed by atoms with E-state index < -0.39 is 0 Å². The van der Waals surface area contributed by atoms with E-state index in [9.17, 15) is 4.79 Å².